The van der Waals surface area contributed by atoms with Gasteiger partial charge in [0.2, 0.25) is 17.6 Å². The van der Waals surface area contributed by atoms with Gasteiger partial charge in [-0.05, 0) is 53.8 Å². The standard InChI is InChI=1S/C38H55N5O6/c1-22(2)27(28(44)24-15-9-8-10-16-24)41-34(49)42-30(35(3,4)5)33(48)43-21-38(36(6,7)37(38)17-12-18-37)20-26(43)32(47)40-25(29(45)31(39)46)19-23-13-11-14-23/h8-10,15-16,22-23,25-27,30H,11-14,17-21H2,1-7H3,(H2,39,46)(H,40,47)(H2,41,42,49)/t25?,26-,27+,30+,38+/m0/s1. The van der Waals surface area contributed by atoms with Gasteiger partial charge in [-0.15, -0.1) is 0 Å². The summed E-state index contributed by atoms with van der Waals surface area (Å²) in [6, 6.07) is 4.30. The molecule has 49 heavy (non-hydrogen) atoms. The lowest BCUT2D eigenvalue weighted by molar-refractivity contribution is -0.143. The van der Waals surface area contributed by atoms with Gasteiger partial charge >= 0.3 is 6.03 Å². The lowest BCUT2D eigenvalue weighted by Crippen LogP contribution is -2.61. The lowest BCUT2D eigenvalue weighted by atomic mass is 9.73. The topological polar surface area (TPSA) is 168 Å². The average Bonchev–Trinajstić information content (AvgIpc) is 3.21. The van der Waals surface area contributed by atoms with Gasteiger partial charge in [0.1, 0.15) is 12.1 Å². The molecule has 0 bridgehead atoms. The van der Waals surface area contributed by atoms with Crippen molar-refractivity contribution in [1.29, 1.82) is 0 Å². The molecule has 3 aliphatic carbocycles. The third kappa shape index (κ3) is 6.38. The van der Waals surface area contributed by atoms with Crippen LogP contribution >= 0.6 is 0 Å². The molecule has 1 unspecified atom stereocenters. The van der Waals surface area contributed by atoms with Gasteiger partial charge in [-0.3, -0.25) is 24.0 Å². The number of urea groups is 1. The van der Waals surface area contributed by atoms with E-state index in [0.717, 1.165) is 38.5 Å². The Balaban J connectivity index is 1.40. The third-order valence-corrected chi connectivity index (χ3v) is 12.7. The highest BCUT2D eigenvalue weighted by Gasteiger charge is 2.85. The van der Waals surface area contributed by atoms with Crippen molar-refractivity contribution in [2.45, 2.75) is 124 Å². The minimum Gasteiger partial charge on any atom is -0.363 e. The summed E-state index contributed by atoms with van der Waals surface area (Å²) in [5.41, 5.74) is 4.73. The van der Waals surface area contributed by atoms with Crippen molar-refractivity contribution in [2.75, 3.05) is 6.54 Å². The molecular weight excluding hydrogens is 622 g/mol. The van der Waals surface area contributed by atoms with Gasteiger partial charge in [-0.2, -0.15) is 0 Å². The summed E-state index contributed by atoms with van der Waals surface area (Å²) in [6.45, 7) is 14.0. The predicted molar refractivity (Wildman–Crippen MR) is 185 cm³/mol. The van der Waals surface area contributed by atoms with Crippen molar-refractivity contribution in [1.82, 2.24) is 20.9 Å². The number of carbonyl (C=O) groups is 6. The van der Waals surface area contributed by atoms with Gasteiger partial charge in [0, 0.05) is 17.5 Å². The second-order valence-electron chi connectivity index (χ2n) is 17.0. The van der Waals surface area contributed by atoms with Gasteiger partial charge in [-0.1, -0.05) is 104 Å². The van der Waals surface area contributed by atoms with Crippen molar-refractivity contribution >= 4 is 35.3 Å². The molecule has 2 spiro atoms. The highest BCUT2D eigenvalue weighted by atomic mass is 16.2. The first-order valence-electron chi connectivity index (χ1n) is 18.0. The number of ketones is 2. The van der Waals surface area contributed by atoms with E-state index in [1.165, 1.54) is 0 Å². The number of primary amides is 1. The first kappa shape index (κ1) is 36.5. The van der Waals surface area contributed by atoms with E-state index in [1.807, 2.05) is 40.7 Å². The first-order valence-corrected chi connectivity index (χ1v) is 18.0. The Kier molecular flexibility index (Phi) is 9.82. The Morgan fingerprint density at radius 1 is 0.918 bits per heavy atom. The number of fused-ring (bicyclic) bond motifs is 1. The SMILES string of the molecule is CC(C)[C@@H](NC(=O)N[C@H](C(=O)N1C[C@]2(C[C@H]1C(=O)NC(CC1CCC1)C(=O)C(N)=O)C(C)(C)C21CCC1)C(C)(C)C)C(=O)c1ccccc1. The molecule has 3 saturated carbocycles. The van der Waals surface area contributed by atoms with Gasteiger partial charge < -0.3 is 26.6 Å². The van der Waals surface area contributed by atoms with Crippen molar-refractivity contribution in [3.05, 3.63) is 35.9 Å². The maximum absolute atomic E-state index is 14.7. The minimum atomic E-state index is -1.09. The number of nitrogens with two attached hydrogens (primary N) is 1. The van der Waals surface area contributed by atoms with Gasteiger partial charge in [0.15, 0.2) is 5.78 Å². The molecule has 5 amide bonds. The van der Waals surface area contributed by atoms with Gasteiger partial charge in [-0.25, -0.2) is 4.79 Å². The fraction of sp³-hybridized carbons (Fsp3) is 0.684. The number of amides is 5. The van der Waals surface area contributed by atoms with Crippen molar-refractivity contribution in [2.24, 2.45) is 39.2 Å². The van der Waals surface area contributed by atoms with Crippen molar-refractivity contribution in [3.8, 4) is 0 Å². The predicted octanol–water partition coefficient (Wildman–Crippen LogP) is 4.13. The number of likely N-dealkylation sites (tertiary alicyclic amines) is 1. The molecule has 11 heteroatoms. The van der Waals surface area contributed by atoms with E-state index in [2.05, 4.69) is 29.8 Å². The van der Waals surface area contributed by atoms with E-state index in [1.54, 1.807) is 29.2 Å². The van der Waals surface area contributed by atoms with E-state index in [4.69, 9.17) is 5.73 Å². The summed E-state index contributed by atoms with van der Waals surface area (Å²) in [6.07, 6.45) is 6.78. The maximum Gasteiger partial charge on any atom is 0.316 e. The van der Waals surface area contributed by atoms with Crippen LogP contribution in [0.1, 0.15) is 110 Å². The highest BCUT2D eigenvalue weighted by Crippen LogP contribution is 2.88. The number of carbonyl (C=O) groups excluding carboxylic acids is 6. The summed E-state index contributed by atoms with van der Waals surface area (Å²) in [5.74, 6) is -3.03. The summed E-state index contributed by atoms with van der Waals surface area (Å²) in [7, 11) is 0. The van der Waals surface area contributed by atoms with Crippen LogP contribution in [-0.4, -0.2) is 70.9 Å². The van der Waals surface area contributed by atoms with Crippen LogP contribution in [0.25, 0.3) is 0 Å². The largest absolute Gasteiger partial charge is 0.363 e. The van der Waals surface area contributed by atoms with Crippen LogP contribution < -0.4 is 21.7 Å². The molecule has 5 rings (SSSR count). The average molecular weight is 678 g/mol. The van der Waals surface area contributed by atoms with Crippen molar-refractivity contribution < 1.29 is 28.8 Å². The lowest BCUT2D eigenvalue weighted by Gasteiger charge is -2.36. The van der Waals surface area contributed by atoms with E-state index in [9.17, 15) is 28.8 Å². The maximum atomic E-state index is 14.7. The molecule has 5 atom stereocenters. The summed E-state index contributed by atoms with van der Waals surface area (Å²) < 4.78 is 0. The Morgan fingerprint density at radius 3 is 2.02 bits per heavy atom. The fourth-order valence-electron chi connectivity index (χ4n) is 9.24. The van der Waals surface area contributed by atoms with Crippen molar-refractivity contribution in [3.63, 3.8) is 0 Å². The molecule has 1 heterocycles. The summed E-state index contributed by atoms with van der Waals surface area (Å²) in [5, 5.41) is 8.54. The number of rotatable bonds is 12. The number of Topliss-reactive ketones (excluding diaryl/α,β-unsaturated/α-hetero) is 2. The molecule has 1 aliphatic heterocycles. The molecule has 11 nitrogen and oxygen atoms in total. The minimum absolute atomic E-state index is 0.0201. The number of nitrogens with zero attached hydrogens (tertiary/aromatic N) is 1. The molecule has 0 radical (unpaired) electrons. The molecule has 0 aromatic heterocycles. The van der Waals surface area contributed by atoms with Gasteiger partial charge in [0.25, 0.3) is 5.91 Å². The zero-order chi connectivity index (χ0) is 36.1. The fourth-order valence-corrected chi connectivity index (χ4v) is 9.24. The Bertz CT molecular complexity index is 1490. The molecule has 4 aliphatic rings. The Morgan fingerprint density at radius 2 is 1.55 bits per heavy atom. The van der Waals surface area contributed by atoms with Gasteiger partial charge in [0.05, 0.1) is 12.1 Å². The monoisotopic (exact) mass is 677 g/mol. The van der Waals surface area contributed by atoms with Crippen LogP contribution in [0, 0.1) is 33.5 Å². The van der Waals surface area contributed by atoms with Crippen LogP contribution in [0.4, 0.5) is 4.79 Å². The second-order valence-corrected chi connectivity index (χ2v) is 17.0. The second kappa shape index (κ2) is 13.2. The number of nitrogens with one attached hydrogen (secondary N) is 3. The molecule has 5 N–H and O–H groups in total. The zero-order valence-corrected chi connectivity index (χ0v) is 30.2. The molecular formula is C38H55N5O6. The number of hydrogen-bond acceptors (Lipinski definition) is 6. The smallest absolute Gasteiger partial charge is 0.316 e. The van der Waals surface area contributed by atoms with E-state index in [0.29, 0.717) is 24.9 Å². The Labute approximate surface area is 290 Å². The van der Waals surface area contributed by atoms with Crippen LogP contribution in [0.15, 0.2) is 30.3 Å². The quantitative estimate of drug-likeness (QED) is 0.192. The first-order chi connectivity index (χ1) is 22.9. The number of hydrogen-bond donors (Lipinski definition) is 4. The number of benzene rings is 1. The van der Waals surface area contributed by atoms with Crippen LogP contribution in [0.2, 0.25) is 0 Å². The molecule has 4 fully saturated rings. The zero-order valence-electron chi connectivity index (χ0n) is 30.2. The summed E-state index contributed by atoms with van der Waals surface area (Å²) >= 11 is 0. The summed E-state index contributed by atoms with van der Waals surface area (Å²) in [4.78, 5) is 82.3. The van der Waals surface area contributed by atoms with Crippen LogP contribution in [0.5, 0.6) is 0 Å². The molecule has 268 valence electrons. The van der Waals surface area contributed by atoms with Crippen LogP contribution in [0.3, 0.4) is 0 Å². The van der Waals surface area contributed by atoms with E-state index < -0.39 is 59.1 Å². The van der Waals surface area contributed by atoms with Crippen LogP contribution in [-0.2, 0) is 19.2 Å². The third-order valence-electron chi connectivity index (χ3n) is 12.7. The highest BCUT2D eigenvalue weighted by molar-refractivity contribution is 6.37. The molecule has 1 aromatic rings. The Hall–Kier alpha value is -3.76. The normalized spacial score (nSPS) is 25.5. The molecule has 1 saturated heterocycles. The van der Waals surface area contributed by atoms with E-state index in [-0.39, 0.29) is 33.9 Å². The van der Waals surface area contributed by atoms with E-state index >= 15 is 0 Å². The molecule has 1 aromatic carbocycles.